The fourth-order valence-electron chi connectivity index (χ4n) is 1.92. The van der Waals surface area contributed by atoms with Crippen LogP contribution in [0.3, 0.4) is 0 Å². The molecule has 1 aliphatic rings. The normalized spacial score (nSPS) is 16.4. The van der Waals surface area contributed by atoms with Gasteiger partial charge in [0.1, 0.15) is 6.54 Å². The van der Waals surface area contributed by atoms with Crippen molar-refractivity contribution in [1.29, 1.82) is 0 Å². The quantitative estimate of drug-likeness (QED) is 0.523. The number of imide groups is 1. The van der Waals surface area contributed by atoms with Crippen LogP contribution in [-0.2, 0) is 16.1 Å². The molecule has 0 saturated carbocycles. The van der Waals surface area contributed by atoms with Crippen LogP contribution in [0.15, 0.2) is 30.2 Å². The van der Waals surface area contributed by atoms with E-state index in [1.807, 2.05) is 29.0 Å². The molecule has 1 aromatic rings. The summed E-state index contributed by atoms with van der Waals surface area (Å²) < 4.78 is 7.06. The van der Waals surface area contributed by atoms with E-state index in [1.165, 1.54) is 6.08 Å². The van der Waals surface area contributed by atoms with Crippen LogP contribution >= 0.6 is 12.2 Å². The van der Waals surface area contributed by atoms with Crippen molar-refractivity contribution in [3.8, 4) is 0 Å². The van der Waals surface area contributed by atoms with Crippen LogP contribution in [0, 0.1) is 0 Å². The van der Waals surface area contributed by atoms with Crippen LogP contribution < -0.4 is 4.57 Å². The van der Waals surface area contributed by atoms with Crippen LogP contribution in [0.25, 0.3) is 6.08 Å². The highest BCUT2D eigenvalue weighted by Crippen LogP contribution is 2.19. The second kappa shape index (κ2) is 6.45. The number of aryl methyl sites for hydroxylation is 1. The molecule has 0 spiro atoms. The third-order valence-electron chi connectivity index (χ3n) is 2.99. The number of hydrogen-bond acceptors (Lipinski definition) is 4. The number of ether oxygens (including phenoxy) is 1. The summed E-state index contributed by atoms with van der Waals surface area (Å²) in [7, 11) is 0. The monoisotopic (exact) mass is 307 g/mol. The van der Waals surface area contributed by atoms with Crippen LogP contribution in [0.5, 0.6) is 0 Å². The number of amides is 2. The van der Waals surface area contributed by atoms with Gasteiger partial charge in [-0.15, -0.1) is 0 Å². The van der Waals surface area contributed by atoms with E-state index in [9.17, 15) is 9.59 Å². The predicted octanol–water partition coefficient (Wildman–Crippen LogP) is 1.94. The average molecular weight is 307 g/mol. The molecular weight excluding hydrogens is 292 g/mol. The molecule has 0 atom stereocenters. The molecule has 0 bridgehead atoms. The number of carbonyl (C=O) groups is 2. The zero-order valence-electron chi connectivity index (χ0n) is 11.5. The molecule has 1 saturated heterocycles. The van der Waals surface area contributed by atoms with Crippen molar-refractivity contribution in [3.05, 3.63) is 35.8 Å². The fourth-order valence-corrected chi connectivity index (χ4v) is 2.17. The van der Waals surface area contributed by atoms with Gasteiger partial charge < -0.3 is 9.84 Å². The van der Waals surface area contributed by atoms with E-state index in [-0.39, 0.29) is 10.9 Å². The Bertz CT molecular complexity index is 627. The number of carbonyl (C=O) groups excluding carboxylic acids is 1. The minimum atomic E-state index is -1.44. The molecule has 0 unspecified atom stereocenters. The first-order valence-corrected chi connectivity index (χ1v) is 6.94. The van der Waals surface area contributed by atoms with E-state index in [0.717, 1.165) is 25.1 Å². The first-order valence-electron chi connectivity index (χ1n) is 6.54. The van der Waals surface area contributed by atoms with Crippen molar-refractivity contribution in [3.63, 3.8) is 0 Å². The van der Waals surface area contributed by atoms with E-state index in [0.29, 0.717) is 4.90 Å². The lowest BCUT2D eigenvalue weighted by molar-refractivity contribution is -0.699. The van der Waals surface area contributed by atoms with Crippen LogP contribution in [0.1, 0.15) is 25.5 Å². The maximum atomic E-state index is 11.9. The van der Waals surface area contributed by atoms with Gasteiger partial charge in [0.25, 0.3) is 5.17 Å². The van der Waals surface area contributed by atoms with Crippen molar-refractivity contribution in [2.75, 3.05) is 0 Å². The zero-order chi connectivity index (χ0) is 15.4. The standard InChI is InChI=1S/C14H14N2O4S/c1-2-3-7-15-8-5-4-6-10(15)9-11-12(17)16(13(18)19)14(21)20-11/h4-6,8-9H,2-3,7H2,1H3/p+1/b11-9+. The van der Waals surface area contributed by atoms with Crippen molar-refractivity contribution >= 4 is 35.5 Å². The van der Waals surface area contributed by atoms with Gasteiger partial charge in [-0.3, -0.25) is 4.79 Å². The van der Waals surface area contributed by atoms with Crippen LogP contribution in [0.2, 0.25) is 0 Å². The van der Waals surface area contributed by atoms with E-state index in [1.54, 1.807) is 0 Å². The van der Waals surface area contributed by atoms with E-state index < -0.39 is 12.0 Å². The number of nitrogens with zero attached hydrogens (tertiary/aromatic N) is 2. The molecule has 0 radical (unpaired) electrons. The van der Waals surface area contributed by atoms with Gasteiger partial charge in [0.15, 0.2) is 6.20 Å². The van der Waals surface area contributed by atoms with Gasteiger partial charge in [0.2, 0.25) is 11.5 Å². The minimum absolute atomic E-state index is 0.0844. The molecule has 0 aliphatic carbocycles. The molecule has 2 heterocycles. The highest BCUT2D eigenvalue weighted by atomic mass is 32.1. The van der Waals surface area contributed by atoms with Gasteiger partial charge >= 0.3 is 12.0 Å². The molecule has 1 fully saturated rings. The van der Waals surface area contributed by atoms with Gasteiger partial charge in [0.05, 0.1) is 6.08 Å². The second-order valence-corrected chi connectivity index (χ2v) is 4.82. The zero-order valence-corrected chi connectivity index (χ0v) is 12.3. The third-order valence-corrected chi connectivity index (χ3v) is 3.26. The van der Waals surface area contributed by atoms with Crippen molar-refractivity contribution in [2.24, 2.45) is 0 Å². The maximum Gasteiger partial charge on any atom is 0.422 e. The minimum Gasteiger partial charge on any atom is -0.464 e. The van der Waals surface area contributed by atoms with Gasteiger partial charge in [-0.2, -0.15) is 9.47 Å². The first kappa shape index (κ1) is 15.1. The number of aromatic nitrogens is 1. The first-order chi connectivity index (χ1) is 10.0. The molecule has 1 N–H and O–H groups in total. The fraction of sp³-hybridized carbons (Fsp3) is 0.286. The Hall–Kier alpha value is -2.28. The Morgan fingerprint density at radius 1 is 1.52 bits per heavy atom. The Labute approximate surface area is 127 Å². The highest BCUT2D eigenvalue weighted by Gasteiger charge is 2.39. The SMILES string of the molecule is CCCC[n+]1ccccc1/C=C1/OC(=S)N(C(=O)O)C1=O. The Morgan fingerprint density at radius 2 is 2.29 bits per heavy atom. The predicted molar refractivity (Wildman–Crippen MR) is 78.1 cm³/mol. The lowest BCUT2D eigenvalue weighted by Gasteiger charge is -2.02. The summed E-state index contributed by atoms with van der Waals surface area (Å²) in [5.74, 6) is -0.850. The summed E-state index contributed by atoms with van der Waals surface area (Å²) in [4.78, 5) is 23.3. The van der Waals surface area contributed by atoms with E-state index >= 15 is 0 Å². The highest BCUT2D eigenvalue weighted by molar-refractivity contribution is 7.80. The van der Waals surface area contributed by atoms with Gasteiger partial charge in [-0.25, -0.2) is 4.79 Å². The van der Waals surface area contributed by atoms with Gasteiger partial charge in [0, 0.05) is 18.6 Å². The number of pyridine rings is 1. The molecule has 6 nitrogen and oxygen atoms in total. The Balaban J connectivity index is 2.30. The molecule has 0 aromatic carbocycles. The average Bonchev–Trinajstić information content (AvgIpc) is 2.72. The van der Waals surface area contributed by atoms with E-state index in [2.05, 4.69) is 6.92 Å². The molecule has 21 heavy (non-hydrogen) atoms. The topological polar surface area (TPSA) is 70.7 Å². The smallest absolute Gasteiger partial charge is 0.422 e. The van der Waals surface area contributed by atoms with Crippen molar-refractivity contribution < 1.29 is 24.0 Å². The Morgan fingerprint density at radius 3 is 2.90 bits per heavy atom. The van der Waals surface area contributed by atoms with E-state index in [4.69, 9.17) is 22.1 Å². The number of thiocarbonyl (C=S) groups is 1. The molecule has 7 heteroatoms. The summed E-state index contributed by atoms with van der Waals surface area (Å²) in [5.41, 5.74) is 0.754. The molecular formula is C14H15N2O4S+. The number of unbranched alkanes of at least 4 members (excludes halogenated alkanes) is 1. The molecule has 2 amide bonds. The summed E-state index contributed by atoms with van der Waals surface area (Å²) in [6, 6.07) is 5.55. The molecule has 2 rings (SSSR count). The largest absolute Gasteiger partial charge is 0.464 e. The molecule has 1 aromatic heterocycles. The summed E-state index contributed by atoms with van der Waals surface area (Å²) >= 11 is 4.74. The van der Waals surface area contributed by atoms with Crippen molar-refractivity contribution in [1.82, 2.24) is 4.90 Å². The van der Waals surface area contributed by atoms with Gasteiger partial charge in [-0.1, -0.05) is 13.3 Å². The number of rotatable bonds is 4. The van der Waals surface area contributed by atoms with Crippen LogP contribution in [-0.4, -0.2) is 27.2 Å². The summed E-state index contributed by atoms with van der Waals surface area (Å²) in [6.07, 6.45) is 4.01. The third kappa shape index (κ3) is 3.25. The second-order valence-electron chi connectivity index (χ2n) is 4.47. The molecule has 1 aliphatic heterocycles. The van der Waals surface area contributed by atoms with Crippen LogP contribution in [0.4, 0.5) is 4.79 Å². The van der Waals surface area contributed by atoms with Crippen molar-refractivity contribution in [2.45, 2.75) is 26.3 Å². The lowest BCUT2D eigenvalue weighted by Crippen LogP contribution is -2.36. The maximum absolute atomic E-state index is 11.9. The summed E-state index contributed by atoms with van der Waals surface area (Å²) in [6.45, 7) is 2.89. The van der Waals surface area contributed by atoms with Gasteiger partial charge in [-0.05, 0) is 18.3 Å². The number of hydrogen-bond donors (Lipinski definition) is 1. The molecule has 110 valence electrons. The Kier molecular flexibility index (Phi) is 4.64. The lowest BCUT2D eigenvalue weighted by atomic mass is 10.2. The number of carboxylic acid groups (broad SMARTS) is 1. The summed E-state index contributed by atoms with van der Waals surface area (Å²) in [5, 5.41) is 8.55.